The lowest BCUT2D eigenvalue weighted by molar-refractivity contribution is 0.0193. The smallest absolute Gasteiger partial charge is 0.254 e. The molecule has 2 heterocycles. The van der Waals surface area contributed by atoms with Crippen molar-refractivity contribution < 1.29 is 15.3 Å². The maximum Gasteiger partial charge on any atom is 0.254 e. The lowest BCUT2D eigenvalue weighted by atomic mass is 10.0. The van der Waals surface area contributed by atoms with Crippen LogP contribution >= 0.6 is 0 Å². The van der Waals surface area contributed by atoms with Crippen LogP contribution in [0.1, 0.15) is 17.2 Å². The van der Waals surface area contributed by atoms with Crippen LogP contribution in [0.3, 0.4) is 0 Å². The molecule has 0 aromatic carbocycles. The first kappa shape index (κ1) is 13.8. The van der Waals surface area contributed by atoms with E-state index >= 15 is 0 Å². The molecule has 7 heteroatoms. The van der Waals surface area contributed by atoms with E-state index in [1.54, 1.807) is 0 Å². The van der Waals surface area contributed by atoms with Crippen LogP contribution < -0.4 is 16.6 Å². The first-order valence-corrected chi connectivity index (χ1v) is 5.87. The van der Waals surface area contributed by atoms with E-state index in [0.717, 1.165) is 0 Å². The highest BCUT2D eigenvalue weighted by molar-refractivity contribution is 5.60. The van der Waals surface area contributed by atoms with Crippen molar-refractivity contribution in [3.05, 3.63) is 34.1 Å². The largest absolute Gasteiger partial charge is 0.395 e. The van der Waals surface area contributed by atoms with Crippen LogP contribution in [0.4, 0.5) is 5.82 Å². The number of rotatable bonds is 3. The van der Waals surface area contributed by atoms with Crippen LogP contribution in [0.15, 0.2) is 17.4 Å². The number of aromatic amines is 1. The topological polar surface area (TPSA) is 132 Å². The lowest BCUT2D eigenvalue weighted by Gasteiger charge is -2.16. The van der Waals surface area contributed by atoms with Gasteiger partial charge in [0.2, 0.25) is 0 Å². The predicted octanol–water partition coefficient (Wildman–Crippen LogP) is -1.67. The Kier molecular flexibility index (Phi) is 3.72. The van der Waals surface area contributed by atoms with Gasteiger partial charge in [0.25, 0.3) is 5.56 Å². The van der Waals surface area contributed by atoms with E-state index in [-0.39, 0.29) is 18.0 Å². The zero-order valence-corrected chi connectivity index (χ0v) is 10.2. The fraction of sp³-hybridized carbons (Fsp3) is 0.417. The van der Waals surface area contributed by atoms with E-state index < -0.39 is 29.9 Å². The number of aromatic nitrogens is 1. The molecule has 0 saturated carbocycles. The first-order chi connectivity index (χ1) is 8.99. The molecule has 0 aliphatic carbocycles. The molecule has 0 spiro atoms. The third-order valence-electron chi connectivity index (χ3n) is 3.38. The molecule has 4 atom stereocenters. The Morgan fingerprint density at radius 2 is 2.11 bits per heavy atom. The normalized spacial score (nSPS) is 30.5. The molecule has 2 rings (SSSR count). The lowest BCUT2D eigenvalue weighted by Crippen LogP contribution is -2.36. The average molecular weight is 267 g/mol. The summed E-state index contributed by atoms with van der Waals surface area (Å²) in [4.78, 5) is 14.3. The fourth-order valence-corrected chi connectivity index (χ4v) is 2.27. The molecule has 0 amide bonds. The van der Waals surface area contributed by atoms with Crippen LogP contribution in [0.25, 0.3) is 6.08 Å². The number of anilines is 1. The fourth-order valence-electron chi connectivity index (χ4n) is 2.27. The van der Waals surface area contributed by atoms with Crippen LogP contribution in [0, 0.1) is 0 Å². The number of hydrogen-bond acceptors (Lipinski definition) is 6. The second-order valence-corrected chi connectivity index (χ2v) is 4.54. The van der Waals surface area contributed by atoms with Gasteiger partial charge in [0.05, 0.1) is 24.8 Å². The first-order valence-electron chi connectivity index (χ1n) is 5.87. The van der Waals surface area contributed by atoms with Gasteiger partial charge < -0.3 is 31.4 Å². The molecule has 19 heavy (non-hydrogen) atoms. The standard InChI is InChI=1S/C12H17N3O4/c1-2-5-3-6(12(19)15-11(5)13)8-10(18)9(17)7(4-16)14-8/h2-3,7-10,14,16-18H,1,4H2,(H3,13,15,19)/t7-,8?,9-,10+/m1/s1. The van der Waals surface area contributed by atoms with E-state index in [9.17, 15) is 15.0 Å². The van der Waals surface area contributed by atoms with Crippen molar-refractivity contribution in [1.29, 1.82) is 0 Å². The number of nitrogen functional groups attached to an aromatic ring is 1. The summed E-state index contributed by atoms with van der Waals surface area (Å²) in [7, 11) is 0. The molecule has 104 valence electrons. The van der Waals surface area contributed by atoms with Crippen LogP contribution in [-0.2, 0) is 0 Å². The summed E-state index contributed by atoms with van der Waals surface area (Å²) in [5, 5.41) is 31.6. The molecule has 7 nitrogen and oxygen atoms in total. The third kappa shape index (κ3) is 2.28. The third-order valence-corrected chi connectivity index (χ3v) is 3.38. The number of nitrogens with two attached hydrogens (primary N) is 1. The molecule has 1 fully saturated rings. The van der Waals surface area contributed by atoms with Gasteiger partial charge in [-0.1, -0.05) is 12.7 Å². The van der Waals surface area contributed by atoms with E-state index in [0.29, 0.717) is 5.56 Å². The average Bonchev–Trinajstić information content (AvgIpc) is 2.67. The number of aliphatic hydroxyl groups is 3. The minimum absolute atomic E-state index is 0.190. The number of hydrogen-bond donors (Lipinski definition) is 6. The van der Waals surface area contributed by atoms with Crippen molar-refractivity contribution in [2.24, 2.45) is 0 Å². The van der Waals surface area contributed by atoms with Crippen molar-refractivity contribution in [3.8, 4) is 0 Å². The number of aliphatic hydroxyl groups excluding tert-OH is 3. The van der Waals surface area contributed by atoms with Gasteiger partial charge in [-0.3, -0.25) is 4.79 Å². The highest BCUT2D eigenvalue weighted by Gasteiger charge is 2.42. The Morgan fingerprint density at radius 3 is 2.63 bits per heavy atom. The molecule has 1 aromatic heterocycles. The maximum absolute atomic E-state index is 11.9. The summed E-state index contributed by atoms with van der Waals surface area (Å²) in [6.45, 7) is 3.24. The molecule has 0 bridgehead atoms. The maximum atomic E-state index is 11.9. The van der Waals surface area contributed by atoms with Gasteiger partial charge in [-0.2, -0.15) is 0 Å². The van der Waals surface area contributed by atoms with E-state index in [4.69, 9.17) is 10.8 Å². The summed E-state index contributed by atoms with van der Waals surface area (Å²) in [6.07, 6.45) is -0.838. The van der Waals surface area contributed by atoms with E-state index in [2.05, 4.69) is 16.9 Å². The van der Waals surface area contributed by atoms with Gasteiger partial charge in [0, 0.05) is 11.1 Å². The van der Waals surface area contributed by atoms with Crippen LogP contribution in [0.5, 0.6) is 0 Å². The van der Waals surface area contributed by atoms with Crippen molar-refractivity contribution in [2.75, 3.05) is 12.3 Å². The summed E-state index contributed by atoms with van der Waals surface area (Å²) in [5.74, 6) is 0.190. The predicted molar refractivity (Wildman–Crippen MR) is 70.3 cm³/mol. The minimum Gasteiger partial charge on any atom is -0.395 e. The Balaban J connectivity index is 2.43. The van der Waals surface area contributed by atoms with Crippen LogP contribution in [0.2, 0.25) is 0 Å². The monoisotopic (exact) mass is 267 g/mol. The van der Waals surface area contributed by atoms with Gasteiger partial charge in [0.15, 0.2) is 0 Å². The molecule has 1 aliphatic rings. The molecule has 1 aliphatic heterocycles. The molecule has 1 aromatic rings. The van der Waals surface area contributed by atoms with Crippen molar-refractivity contribution in [2.45, 2.75) is 24.3 Å². The van der Waals surface area contributed by atoms with E-state index in [1.807, 2.05) is 0 Å². The Morgan fingerprint density at radius 1 is 1.42 bits per heavy atom. The second kappa shape index (κ2) is 5.14. The Labute approximate surface area is 109 Å². The van der Waals surface area contributed by atoms with Crippen LogP contribution in [-0.4, -0.2) is 45.2 Å². The minimum atomic E-state index is -1.18. The van der Waals surface area contributed by atoms with E-state index in [1.165, 1.54) is 12.1 Å². The second-order valence-electron chi connectivity index (χ2n) is 4.54. The van der Waals surface area contributed by atoms with Crippen molar-refractivity contribution in [1.82, 2.24) is 10.3 Å². The molecular formula is C12H17N3O4. The van der Waals surface area contributed by atoms with Gasteiger partial charge in [-0.05, 0) is 6.07 Å². The van der Waals surface area contributed by atoms with Gasteiger partial charge in [0.1, 0.15) is 11.9 Å². The van der Waals surface area contributed by atoms with Gasteiger partial charge >= 0.3 is 0 Å². The molecule has 0 radical (unpaired) electrons. The number of nitrogens with one attached hydrogen (secondary N) is 2. The molecular weight excluding hydrogens is 250 g/mol. The SMILES string of the molecule is C=Cc1cc(C2N[C@H](CO)[C@@H](O)[C@H]2O)c(=O)[nH]c1N. The zero-order chi connectivity index (χ0) is 14.2. The van der Waals surface area contributed by atoms with Gasteiger partial charge in [-0.15, -0.1) is 0 Å². The van der Waals surface area contributed by atoms with Crippen molar-refractivity contribution >= 4 is 11.9 Å². The van der Waals surface area contributed by atoms with Gasteiger partial charge in [-0.25, -0.2) is 0 Å². The summed E-state index contributed by atoms with van der Waals surface area (Å²) >= 11 is 0. The number of pyridine rings is 1. The Bertz CT molecular complexity index is 542. The number of H-pyrrole nitrogens is 1. The summed E-state index contributed by atoms with van der Waals surface area (Å²) in [5.41, 5.74) is 5.94. The Hall–Kier alpha value is -1.67. The summed E-state index contributed by atoms with van der Waals surface area (Å²) < 4.78 is 0. The quantitative estimate of drug-likeness (QED) is 0.388. The summed E-state index contributed by atoms with van der Waals surface area (Å²) in [6, 6.07) is 0.0634. The highest BCUT2D eigenvalue weighted by atomic mass is 16.3. The highest BCUT2D eigenvalue weighted by Crippen LogP contribution is 2.26. The molecule has 1 unspecified atom stereocenters. The molecule has 7 N–H and O–H groups in total. The molecule has 1 saturated heterocycles. The van der Waals surface area contributed by atoms with Crippen molar-refractivity contribution in [3.63, 3.8) is 0 Å². The zero-order valence-electron chi connectivity index (χ0n) is 10.2.